The molecule has 1 aliphatic heterocycles. The van der Waals surface area contributed by atoms with Gasteiger partial charge in [0.2, 0.25) is 0 Å². The summed E-state index contributed by atoms with van der Waals surface area (Å²) in [5.74, 6) is 0.416. The van der Waals surface area contributed by atoms with Crippen LogP contribution in [0.3, 0.4) is 0 Å². The van der Waals surface area contributed by atoms with E-state index >= 15 is 0 Å². The molecular weight excluding hydrogens is 268 g/mol. The quantitative estimate of drug-likeness (QED) is 0.805. The Morgan fingerprint density at radius 3 is 3.06 bits per heavy atom. The summed E-state index contributed by atoms with van der Waals surface area (Å²) >= 11 is 3.49. The van der Waals surface area contributed by atoms with Gasteiger partial charge in [0.25, 0.3) is 0 Å². The second-order valence-corrected chi connectivity index (χ2v) is 4.90. The minimum Gasteiger partial charge on any atom is -0.381 e. The van der Waals surface area contributed by atoms with Crippen LogP contribution in [0.2, 0.25) is 0 Å². The predicted octanol–water partition coefficient (Wildman–Crippen LogP) is 2.90. The van der Waals surface area contributed by atoms with Gasteiger partial charge in [-0.25, -0.2) is 9.97 Å². The summed E-state index contributed by atoms with van der Waals surface area (Å²) < 4.78 is 6.48. The molecule has 0 spiro atoms. The molecule has 1 unspecified atom stereocenters. The van der Waals surface area contributed by atoms with Crippen molar-refractivity contribution in [3.8, 4) is 0 Å². The van der Waals surface area contributed by atoms with Crippen molar-refractivity contribution in [2.24, 2.45) is 0 Å². The summed E-state index contributed by atoms with van der Waals surface area (Å²) in [6.45, 7) is 1.61. The van der Waals surface area contributed by atoms with Crippen LogP contribution in [0, 0.1) is 0 Å². The Hall–Kier alpha value is -1.00. The zero-order chi connectivity index (χ0) is 11.0. The fraction of sp³-hybridized carbons (Fsp3) is 0.333. The molecule has 1 fully saturated rings. The fourth-order valence-electron chi connectivity index (χ4n) is 2.12. The van der Waals surface area contributed by atoms with Gasteiger partial charge in [0.15, 0.2) is 0 Å². The lowest BCUT2D eigenvalue weighted by molar-refractivity contribution is 0.193. The molecule has 2 aromatic rings. The standard InChI is InChI=1S/C12H11BrN2O/c13-9-1-2-11-10(5-9)12(15-7-14-11)8-3-4-16-6-8/h1-2,5,7-8H,3-4,6H2. The van der Waals surface area contributed by atoms with Gasteiger partial charge in [-0.05, 0) is 24.6 Å². The molecule has 0 aliphatic carbocycles. The van der Waals surface area contributed by atoms with E-state index in [0.717, 1.165) is 40.7 Å². The smallest absolute Gasteiger partial charge is 0.116 e. The predicted molar refractivity (Wildman–Crippen MR) is 65.4 cm³/mol. The van der Waals surface area contributed by atoms with Crippen LogP contribution in [0.1, 0.15) is 18.0 Å². The van der Waals surface area contributed by atoms with Gasteiger partial charge in [0.1, 0.15) is 6.33 Å². The largest absolute Gasteiger partial charge is 0.381 e. The molecule has 0 bridgehead atoms. The number of ether oxygens (including phenoxy) is 1. The Bertz CT molecular complexity index is 523. The van der Waals surface area contributed by atoms with Gasteiger partial charge in [-0.1, -0.05) is 15.9 Å². The lowest BCUT2D eigenvalue weighted by Crippen LogP contribution is -2.02. The minimum absolute atomic E-state index is 0.416. The highest BCUT2D eigenvalue weighted by Gasteiger charge is 2.21. The number of fused-ring (bicyclic) bond motifs is 1. The van der Waals surface area contributed by atoms with Crippen LogP contribution in [0.4, 0.5) is 0 Å². The van der Waals surface area contributed by atoms with Gasteiger partial charge in [-0.15, -0.1) is 0 Å². The highest BCUT2D eigenvalue weighted by molar-refractivity contribution is 9.10. The van der Waals surface area contributed by atoms with Crippen LogP contribution >= 0.6 is 15.9 Å². The molecule has 3 rings (SSSR count). The summed E-state index contributed by atoms with van der Waals surface area (Å²) in [6.07, 6.45) is 2.70. The monoisotopic (exact) mass is 278 g/mol. The summed E-state index contributed by atoms with van der Waals surface area (Å²) in [4.78, 5) is 8.70. The molecule has 0 amide bonds. The van der Waals surface area contributed by atoms with Crippen molar-refractivity contribution in [1.82, 2.24) is 9.97 Å². The van der Waals surface area contributed by atoms with Gasteiger partial charge in [0.05, 0.1) is 17.8 Å². The van der Waals surface area contributed by atoms with Crippen molar-refractivity contribution >= 4 is 26.8 Å². The number of hydrogen-bond acceptors (Lipinski definition) is 3. The molecule has 16 heavy (non-hydrogen) atoms. The van der Waals surface area contributed by atoms with Crippen molar-refractivity contribution < 1.29 is 4.74 Å². The van der Waals surface area contributed by atoms with Gasteiger partial charge in [-0.3, -0.25) is 0 Å². The van der Waals surface area contributed by atoms with E-state index in [1.807, 2.05) is 12.1 Å². The number of halogens is 1. The highest BCUT2D eigenvalue weighted by atomic mass is 79.9. The molecule has 1 atom stereocenters. The van der Waals surface area contributed by atoms with E-state index < -0.39 is 0 Å². The highest BCUT2D eigenvalue weighted by Crippen LogP contribution is 2.29. The number of aromatic nitrogens is 2. The number of benzene rings is 1. The average Bonchev–Trinajstić information content (AvgIpc) is 2.81. The molecule has 0 N–H and O–H groups in total. The van der Waals surface area contributed by atoms with E-state index in [-0.39, 0.29) is 0 Å². The zero-order valence-corrected chi connectivity index (χ0v) is 10.3. The third-order valence-corrected chi connectivity index (χ3v) is 3.44. The van der Waals surface area contributed by atoms with Crippen molar-refractivity contribution in [3.05, 3.63) is 34.7 Å². The molecule has 1 aliphatic rings. The van der Waals surface area contributed by atoms with Crippen molar-refractivity contribution in [2.75, 3.05) is 13.2 Å². The third-order valence-electron chi connectivity index (χ3n) is 2.94. The Labute approximate surface area is 102 Å². The first-order valence-corrected chi connectivity index (χ1v) is 6.12. The molecule has 1 saturated heterocycles. The van der Waals surface area contributed by atoms with E-state index in [4.69, 9.17) is 4.74 Å². The molecule has 1 aromatic carbocycles. The molecular formula is C12H11BrN2O. The molecule has 0 radical (unpaired) electrons. The van der Waals surface area contributed by atoms with Crippen LogP contribution in [0.15, 0.2) is 29.0 Å². The van der Waals surface area contributed by atoms with E-state index in [0.29, 0.717) is 5.92 Å². The fourth-order valence-corrected chi connectivity index (χ4v) is 2.49. The van der Waals surface area contributed by atoms with Crippen LogP contribution in [0.5, 0.6) is 0 Å². The molecule has 2 heterocycles. The first-order chi connectivity index (χ1) is 7.84. The summed E-state index contributed by atoms with van der Waals surface area (Å²) in [5.41, 5.74) is 2.11. The second kappa shape index (κ2) is 4.11. The van der Waals surface area contributed by atoms with E-state index in [9.17, 15) is 0 Å². The average molecular weight is 279 g/mol. The lowest BCUT2D eigenvalue weighted by Gasteiger charge is -2.09. The SMILES string of the molecule is Brc1ccc2ncnc(C3CCOC3)c2c1. The molecule has 82 valence electrons. The lowest BCUT2D eigenvalue weighted by atomic mass is 10.0. The Morgan fingerprint density at radius 1 is 1.31 bits per heavy atom. The van der Waals surface area contributed by atoms with E-state index in [1.54, 1.807) is 6.33 Å². The Morgan fingerprint density at radius 2 is 2.25 bits per heavy atom. The maximum absolute atomic E-state index is 5.42. The Balaban J connectivity index is 2.18. The van der Waals surface area contributed by atoms with Gasteiger partial charge < -0.3 is 4.74 Å². The summed E-state index contributed by atoms with van der Waals surface area (Å²) in [7, 11) is 0. The summed E-state index contributed by atoms with van der Waals surface area (Å²) in [6, 6.07) is 6.10. The molecule has 4 heteroatoms. The number of rotatable bonds is 1. The van der Waals surface area contributed by atoms with Crippen molar-refractivity contribution in [3.63, 3.8) is 0 Å². The van der Waals surface area contributed by atoms with Crippen molar-refractivity contribution in [1.29, 1.82) is 0 Å². The molecule has 3 nitrogen and oxygen atoms in total. The normalized spacial score (nSPS) is 20.4. The summed E-state index contributed by atoms with van der Waals surface area (Å²) in [5, 5.41) is 1.13. The first-order valence-electron chi connectivity index (χ1n) is 5.32. The topological polar surface area (TPSA) is 35.0 Å². The van der Waals surface area contributed by atoms with Crippen molar-refractivity contribution in [2.45, 2.75) is 12.3 Å². The van der Waals surface area contributed by atoms with Gasteiger partial charge in [-0.2, -0.15) is 0 Å². The van der Waals surface area contributed by atoms with Gasteiger partial charge >= 0.3 is 0 Å². The van der Waals surface area contributed by atoms with E-state index in [1.165, 1.54) is 0 Å². The first kappa shape index (κ1) is 10.2. The van der Waals surface area contributed by atoms with Crippen LogP contribution in [-0.2, 0) is 4.74 Å². The Kier molecular flexibility index (Phi) is 2.61. The number of hydrogen-bond donors (Lipinski definition) is 0. The minimum atomic E-state index is 0.416. The molecule has 0 saturated carbocycles. The molecule has 1 aromatic heterocycles. The van der Waals surface area contributed by atoms with Crippen LogP contribution < -0.4 is 0 Å². The van der Waals surface area contributed by atoms with Crippen LogP contribution in [0.25, 0.3) is 10.9 Å². The van der Waals surface area contributed by atoms with E-state index in [2.05, 4.69) is 32.0 Å². The second-order valence-electron chi connectivity index (χ2n) is 3.98. The zero-order valence-electron chi connectivity index (χ0n) is 8.69. The maximum Gasteiger partial charge on any atom is 0.116 e. The van der Waals surface area contributed by atoms with Gasteiger partial charge in [0, 0.05) is 22.4 Å². The third kappa shape index (κ3) is 1.72. The number of nitrogens with zero attached hydrogens (tertiary/aromatic N) is 2. The maximum atomic E-state index is 5.42. The van der Waals surface area contributed by atoms with Crippen LogP contribution in [-0.4, -0.2) is 23.2 Å².